The van der Waals surface area contributed by atoms with Gasteiger partial charge in [-0.05, 0) is 35.0 Å². The van der Waals surface area contributed by atoms with Gasteiger partial charge < -0.3 is 20.9 Å². The number of carbonyl (C=O) groups is 4. The van der Waals surface area contributed by atoms with Gasteiger partial charge in [0.05, 0.1) is 6.07 Å². The molecule has 2 saturated heterocycles. The summed E-state index contributed by atoms with van der Waals surface area (Å²) < 4.78 is 0. The number of nitrogens with zero attached hydrogens (tertiary/aromatic N) is 2. The van der Waals surface area contributed by atoms with E-state index in [-0.39, 0.29) is 59.1 Å². The Morgan fingerprint density at radius 3 is 2.25 bits per heavy atom. The molecule has 0 unspecified atom stereocenters. The first-order valence-electron chi connectivity index (χ1n) is 13.0. The van der Waals surface area contributed by atoms with Crippen molar-refractivity contribution in [3.8, 4) is 6.07 Å². The highest BCUT2D eigenvalue weighted by Gasteiger charge is 2.69. The Kier molecular flexibility index (Phi) is 7.26. The van der Waals surface area contributed by atoms with E-state index in [0.717, 1.165) is 0 Å². The van der Waals surface area contributed by atoms with E-state index in [0.29, 0.717) is 13.1 Å². The van der Waals surface area contributed by atoms with Gasteiger partial charge in [0.25, 0.3) is 0 Å². The molecule has 7 atom stereocenters. The predicted octanol–water partition coefficient (Wildman–Crippen LogP) is 1.83. The number of hydrogen-bond donors (Lipinski definition) is 3. The second-order valence-corrected chi connectivity index (χ2v) is 13.7. The molecule has 9 heteroatoms. The monoisotopic (exact) mass is 501 g/mol. The van der Waals surface area contributed by atoms with Crippen LogP contribution in [0.2, 0.25) is 0 Å². The number of fused-ring (bicyclic) bond motifs is 1. The minimum atomic E-state index is -0.828. The van der Waals surface area contributed by atoms with Crippen LogP contribution in [0.25, 0.3) is 0 Å². The maximum absolute atomic E-state index is 13.9. The second-order valence-electron chi connectivity index (χ2n) is 13.7. The van der Waals surface area contributed by atoms with Gasteiger partial charge in [-0.2, -0.15) is 5.26 Å². The lowest BCUT2D eigenvalue weighted by Crippen LogP contribution is -2.60. The van der Waals surface area contributed by atoms with Crippen LogP contribution in [0.15, 0.2) is 0 Å². The van der Waals surface area contributed by atoms with E-state index in [2.05, 4.69) is 35.9 Å². The lowest BCUT2D eigenvalue weighted by Gasteiger charge is -2.38. The van der Waals surface area contributed by atoms with Gasteiger partial charge in [0, 0.05) is 24.4 Å². The molecule has 0 spiro atoms. The molecule has 1 aliphatic carbocycles. The molecular weight excluding hydrogens is 458 g/mol. The van der Waals surface area contributed by atoms with Crippen LogP contribution in [0, 0.1) is 51.2 Å². The Morgan fingerprint density at radius 2 is 1.78 bits per heavy atom. The largest absolute Gasteiger partial charge is 0.356 e. The minimum Gasteiger partial charge on any atom is -0.356 e. The fourth-order valence-electron chi connectivity index (χ4n) is 5.76. The number of likely N-dealkylation sites (tertiary alicyclic amines) is 1. The summed E-state index contributed by atoms with van der Waals surface area (Å²) in [4.78, 5) is 54.1. The van der Waals surface area contributed by atoms with Gasteiger partial charge >= 0.3 is 0 Å². The van der Waals surface area contributed by atoms with Crippen LogP contribution in [0.4, 0.5) is 0 Å². The first-order valence-corrected chi connectivity index (χ1v) is 13.0. The average Bonchev–Trinajstić information content (AvgIpc) is 3.07. The van der Waals surface area contributed by atoms with Crippen molar-refractivity contribution in [3.05, 3.63) is 0 Å². The van der Waals surface area contributed by atoms with E-state index in [1.807, 2.05) is 27.7 Å². The van der Waals surface area contributed by atoms with Crippen molar-refractivity contribution in [1.82, 2.24) is 20.9 Å². The number of nitriles is 1. The van der Waals surface area contributed by atoms with Crippen LogP contribution in [-0.2, 0) is 19.2 Å². The van der Waals surface area contributed by atoms with E-state index in [9.17, 15) is 24.4 Å². The molecule has 3 aliphatic rings. The first-order chi connectivity index (χ1) is 16.4. The minimum absolute atomic E-state index is 0.0200. The van der Waals surface area contributed by atoms with Crippen LogP contribution in [0.1, 0.15) is 68.7 Å². The van der Waals surface area contributed by atoms with Crippen molar-refractivity contribution in [1.29, 1.82) is 5.26 Å². The van der Waals surface area contributed by atoms with Crippen LogP contribution in [0.3, 0.4) is 0 Å². The molecule has 4 amide bonds. The maximum atomic E-state index is 13.9. The summed E-state index contributed by atoms with van der Waals surface area (Å²) in [6.07, 6.45) is 0.236. The topological polar surface area (TPSA) is 131 Å². The highest BCUT2D eigenvalue weighted by atomic mass is 16.2. The SMILES string of the molecule is C[C@H]1CNC(=O)[C@@H]1C[C@@H](C#N)NC(=O)[C@@H]1[C@@H]2[C@H](CN1C(=O)[C@@H](NC(=O)C(C)(C)C)C(C)(C)C)C2(C)C. The third-order valence-electron chi connectivity index (χ3n) is 8.41. The number of carbonyl (C=O) groups excluding carboxylic acids is 4. The van der Waals surface area contributed by atoms with Gasteiger partial charge in [0.15, 0.2) is 0 Å². The predicted molar refractivity (Wildman–Crippen MR) is 135 cm³/mol. The molecule has 9 nitrogen and oxygen atoms in total. The molecule has 0 aromatic heterocycles. The molecule has 0 radical (unpaired) electrons. The summed E-state index contributed by atoms with van der Waals surface area (Å²) in [6, 6.07) is -0.212. The van der Waals surface area contributed by atoms with E-state index >= 15 is 0 Å². The van der Waals surface area contributed by atoms with Crippen LogP contribution < -0.4 is 16.0 Å². The Hall–Kier alpha value is -2.63. The van der Waals surface area contributed by atoms with Crippen molar-refractivity contribution in [3.63, 3.8) is 0 Å². The van der Waals surface area contributed by atoms with Crippen molar-refractivity contribution in [2.75, 3.05) is 13.1 Å². The molecule has 2 aliphatic heterocycles. The lowest BCUT2D eigenvalue weighted by molar-refractivity contribution is -0.146. The fraction of sp³-hybridized carbons (Fsp3) is 0.815. The third-order valence-corrected chi connectivity index (χ3v) is 8.41. The smallest absolute Gasteiger partial charge is 0.246 e. The molecule has 0 aromatic carbocycles. The summed E-state index contributed by atoms with van der Waals surface area (Å²) in [5, 5.41) is 18.3. The highest BCUT2D eigenvalue weighted by molar-refractivity contribution is 5.95. The lowest BCUT2D eigenvalue weighted by atomic mass is 9.84. The van der Waals surface area contributed by atoms with E-state index in [1.54, 1.807) is 25.7 Å². The van der Waals surface area contributed by atoms with Crippen molar-refractivity contribution < 1.29 is 19.2 Å². The molecule has 200 valence electrons. The number of amides is 4. The van der Waals surface area contributed by atoms with E-state index < -0.39 is 29.0 Å². The summed E-state index contributed by atoms with van der Waals surface area (Å²) >= 11 is 0. The number of hydrogen-bond acceptors (Lipinski definition) is 5. The zero-order valence-electron chi connectivity index (χ0n) is 23.2. The van der Waals surface area contributed by atoms with Crippen LogP contribution in [0.5, 0.6) is 0 Å². The quantitative estimate of drug-likeness (QED) is 0.511. The summed E-state index contributed by atoms with van der Waals surface area (Å²) in [5.74, 6) is -1.06. The molecule has 3 rings (SSSR count). The molecule has 36 heavy (non-hydrogen) atoms. The van der Waals surface area contributed by atoms with E-state index in [4.69, 9.17) is 0 Å². The van der Waals surface area contributed by atoms with Crippen molar-refractivity contribution in [2.45, 2.75) is 86.9 Å². The Morgan fingerprint density at radius 1 is 1.17 bits per heavy atom. The molecule has 3 fully saturated rings. The molecule has 1 saturated carbocycles. The van der Waals surface area contributed by atoms with E-state index in [1.165, 1.54) is 0 Å². The van der Waals surface area contributed by atoms with Gasteiger partial charge in [-0.3, -0.25) is 19.2 Å². The molecule has 3 N–H and O–H groups in total. The molecule has 0 aromatic rings. The van der Waals surface area contributed by atoms with Gasteiger partial charge in [0.1, 0.15) is 18.1 Å². The van der Waals surface area contributed by atoms with Crippen LogP contribution in [-0.4, -0.2) is 59.7 Å². The zero-order chi connectivity index (χ0) is 27.4. The van der Waals surface area contributed by atoms with Crippen molar-refractivity contribution in [2.24, 2.45) is 39.9 Å². The third kappa shape index (κ3) is 5.23. The average molecular weight is 502 g/mol. The normalized spacial score (nSPS) is 30.5. The number of nitrogens with one attached hydrogen (secondary N) is 3. The Labute approximate surface area is 215 Å². The van der Waals surface area contributed by atoms with Crippen molar-refractivity contribution >= 4 is 23.6 Å². The Balaban J connectivity index is 1.81. The summed E-state index contributed by atoms with van der Waals surface area (Å²) in [5.41, 5.74) is -1.32. The first kappa shape index (κ1) is 27.9. The van der Waals surface area contributed by atoms with Gasteiger partial charge in [-0.15, -0.1) is 0 Å². The second kappa shape index (κ2) is 9.35. The van der Waals surface area contributed by atoms with Gasteiger partial charge in [0.2, 0.25) is 23.6 Å². The summed E-state index contributed by atoms with van der Waals surface area (Å²) in [6.45, 7) is 18.2. The van der Waals surface area contributed by atoms with Gasteiger partial charge in [-0.1, -0.05) is 62.3 Å². The maximum Gasteiger partial charge on any atom is 0.246 e. The standard InChI is InChI=1S/C27H43N5O4/c1-14-12-29-21(33)16(14)10-15(11-28)30-22(34)19-18-17(27(18,8)9)13-32(19)23(35)20(25(2,3)4)31-24(36)26(5,6)7/h14-20H,10,12-13H2,1-9H3,(H,29,33)(H,30,34)(H,31,36)/t14-,15-,16+,17-,18-,19-,20+/m0/s1. The van der Waals surface area contributed by atoms with Gasteiger partial charge in [-0.25, -0.2) is 0 Å². The number of rotatable bonds is 6. The summed E-state index contributed by atoms with van der Waals surface area (Å²) in [7, 11) is 0. The number of piperidine rings is 1. The fourth-order valence-corrected chi connectivity index (χ4v) is 5.76. The molecule has 0 bridgehead atoms. The molecular formula is C27H43N5O4. The van der Waals surface area contributed by atoms with Crippen LogP contribution >= 0.6 is 0 Å². The Bertz CT molecular complexity index is 970. The molecule has 2 heterocycles. The zero-order valence-corrected chi connectivity index (χ0v) is 23.2. The highest BCUT2D eigenvalue weighted by Crippen LogP contribution is 2.65.